The van der Waals surface area contributed by atoms with Crippen LogP contribution in [0.1, 0.15) is 19.2 Å². The molecule has 8 heteroatoms. The molecule has 0 radical (unpaired) electrons. The Hall–Kier alpha value is -2.35. The summed E-state index contributed by atoms with van der Waals surface area (Å²) >= 11 is 0. The van der Waals surface area contributed by atoms with E-state index in [0.717, 1.165) is 0 Å². The Morgan fingerprint density at radius 2 is 2.00 bits per heavy atom. The number of benzene rings is 1. The van der Waals surface area contributed by atoms with Crippen molar-refractivity contribution in [3.8, 4) is 11.4 Å². The number of hydrogen-bond acceptors (Lipinski definition) is 5. The molecular formula is C13H13F2N3O3. The summed E-state index contributed by atoms with van der Waals surface area (Å²) in [6, 6.07) is 6.39. The van der Waals surface area contributed by atoms with Crippen LogP contribution in [0.15, 0.2) is 28.8 Å². The zero-order chi connectivity index (χ0) is 15.4. The molecule has 1 atom stereocenters. The number of alkyl halides is 2. The summed E-state index contributed by atoms with van der Waals surface area (Å²) in [5, 5.41) is 6.11. The topological polar surface area (TPSA) is 77.2 Å². The first kappa shape index (κ1) is 15.0. The van der Waals surface area contributed by atoms with Gasteiger partial charge < -0.3 is 14.6 Å². The molecule has 1 aromatic heterocycles. The molecule has 0 saturated carbocycles. The first-order valence-corrected chi connectivity index (χ1v) is 6.07. The molecule has 0 saturated heterocycles. The van der Waals surface area contributed by atoms with E-state index in [2.05, 4.69) is 20.0 Å². The van der Waals surface area contributed by atoms with Gasteiger partial charge >= 0.3 is 6.43 Å². The van der Waals surface area contributed by atoms with E-state index < -0.39 is 18.4 Å². The van der Waals surface area contributed by atoms with Gasteiger partial charge in [0.25, 0.3) is 11.8 Å². The minimum absolute atomic E-state index is 0.0634. The van der Waals surface area contributed by atoms with Gasteiger partial charge in [-0.3, -0.25) is 4.79 Å². The van der Waals surface area contributed by atoms with Crippen LogP contribution in [0.5, 0.6) is 0 Å². The number of ether oxygens (including phenoxy) is 1. The summed E-state index contributed by atoms with van der Waals surface area (Å²) in [4.78, 5) is 15.2. The van der Waals surface area contributed by atoms with Crippen molar-refractivity contribution in [1.29, 1.82) is 0 Å². The van der Waals surface area contributed by atoms with Crippen LogP contribution in [0.2, 0.25) is 0 Å². The Morgan fingerprint density at radius 1 is 1.33 bits per heavy atom. The zero-order valence-corrected chi connectivity index (χ0v) is 11.3. The number of nitrogens with one attached hydrogen (secondary N) is 1. The Balaban J connectivity index is 2.09. The molecule has 0 spiro atoms. The Labute approximate surface area is 119 Å². The highest BCUT2D eigenvalue weighted by Crippen LogP contribution is 2.22. The van der Waals surface area contributed by atoms with Crippen molar-refractivity contribution in [1.82, 2.24) is 10.1 Å². The van der Waals surface area contributed by atoms with E-state index in [0.29, 0.717) is 11.3 Å². The molecule has 0 bridgehead atoms. The first-order valence-electron chi connectivity index (χ1n) is 6.07. The molecule has 0 aliphatic carbocycles. The van der Waals surface area contributed by atoms with Crippen LogP contribution in [-0.4, -0.2) is 29.3 Å². The highest BCUT2D eigenvalue weighted by molar-refractivity contribution is 5.94. The van der Waals surface area contributed by atoms with Gasteiger partial charge in [0, 0.05) is 18.4 Å². The predicted molar refractivity (Wildman–Crippen MR) is 69.8 cm³/mol. The lowest BCUT2D eigenvalue weighted by Crippen LogP contribution is -2.26. The number of methoxy groups -OCH3 is 1. The number of rotatable bonds is 5. The summed E-state index contributed by atoms with van der Waals surface area (Å²) in [5.41, 5.74) is 1.05. The molecule has 1 heterocycles. The fraction of sp³-hybridized carbons (Fsp3) is 0.308. The maximum Gasteiger partial charge on any atom is 0.315 e. The third-order valence-corrected chi connectivity index (χ3v) is 2.76. The Bertz CT molecular complexity index is 613. The van der Waals surface area contributed by atoms with Crippen molar-refractivity contribution in [3.05, 3.63) is 30.2 Å². The quantitative estimate of drug-likeness (QED) is 0.918. The van der Waals surface area contributed by atoms with E-state index in [1.165, 1.54) is 7.11 Å². The zero-order valence-electron chi connectivity index (χ0n) is 11.3. The fourth-order valence-electron chi connectivity index (χ4n) is 1.49. The van der Waals surface area contributed by atoms with Crippen molar-refractivity contribution >= 4 is 11.6 Å². The van der Waals surface area contributed by atoms with E-state index in [9.17, 15) is 13.6 Å². The summed E-state index contributed by atoms with van der Waals surface area (Å²) in [6.07, 6.45) is -3.38. The lowest BCUT2D eigenvalue weighted by molar-refractivity contribution is -0.124. The summed E-state index contributed by atoms with van der Waals surface area (Å²) in [5.74, 6) is -0.950. The smallest absolute Gasteiger partial charge is 0.315 e. The SMILES string of the molecule is CO[C@H](C)C(=O)Nc1ccc(-c2noc(C(F)F)n2)cc1. The number of carbonyl (C=O) groups excluding carboxylic acids is 1. The fourth-order valence-corrected chi connectivity index (χ4v) is 1.49. The van der Waals surface area contributed by atoms with Gasteiger partial charge in [-0.2, -0.15) is 13.8 Å². The van der Waals surface area contributed by atoms with Gasteiger partial charge in [-0.1, -0.05) is 5.16 Å². The van der Waals surface area contributed by atoms with Crippen molar-refractivity contribution in [2.24, 2.45) is 0 Å². The average molecular weight is 297 g/mol. The minimum Gasteiger partial charge on any atom is -0.372 e. The highest BCUT2D eigenvalue weighted by atomic mass is 19.3. The molecule has 21 heavy (non-hydrogen) atoms. The lowest BCUT2D eigenvalue weighted by Gasteiger charge is -2.10. The lowest BCUT2D eigenvalue weighted by atomic mass is 10.2. The monoisotopic (exact) mass is 297 g/mol. The van der Waals surface area contributed by atoms with Crippen LogP contribution in [-0.2, 0) is 9.53 Å². The average Bonchev–Trinajstić information content (AvgIpc) is 2.97. The van der Waals surface area contributed by atoms with Crippen LogP contribution in [0.4, 0.5) is 14.5 Å². The number of aromatic nitrogens is 2. The van der Waals surface area contributed by atoms with Gasteiger partial charge in [-0.05, 0) is 31.2 Å². The van der Waals surface area contributed by atoms with E-state index in [1.54, 1.807) is 31.2 Å². The largest absolute Gasteiger partial charge is 0.372 e. The van der Waals surface area contributed by atoms with Crippen molar-refractivity contribution in [3.63, 3.8) is 0 Å². The molecule has 6 nitrogen and oxygen atoms in total. The Kier molecular flexibility index (Phi) is 4.59. The minimum atomic E-state index is -2.81. The number of nitrogens with zero attached hydrogens (tertiary/aromatic N) is 2. The van der Waals surface area contributed by atoms with Crippen LogP contribution < -0.4 is 5.32 Å². The molecule has 1 N–H and O–H groups in total. The van der Waals surface area contributed by atoms with Gasteiger partial charge in [0.2, 0.25) is 5.82 Å². The van der Waals surface area contributed by atoms with Crippen LogP contribution in [0.3, 0.4) is 0 Å². The van der Waals surface area contributed by atoms with Gasteiger partial charge in [-0.15, -0.1) is 0 Å². The maximum atomic E-state index is 12.4. The number of carbonyl (C=O) groups is 1. The van der Waals surface area contributed by atoms with Crippen LogP contribution in [0, 0.1) is 0 Å². The van der Waals surface area contributed by atoms with Crippen molar-refractivity contribution in [2.45, 2.75) is 19.5 Å². The second-order valence-corrected chi connectivity index (χ2v) is 4.20. The molecule has 0 aliphatic heterocycles. The second kappa shape index (κ2) is 6.40. The predicted octanol–water partition coefficient (Wildman–Crippen LogP) is 2.65. The first-order chi connectivity index (χ1) is 10.0. The number of anilines is 1. The molecule has 0 fully saturated rings. The van der Waals surface area contributed by atoms with Crippen LogP contribution in [0.25, 0.3) is 11.4 Å². The summed E-state index contributed by atoms with van der Waals surface area (Å²) < 4.78 is 34.0. The number of amides is 1. The molecule has 2 rings (SSSR count). The number of halogens is 2. The number of hydrogen-bond donors (Lipinski definition) is 1. The van der Waals surface area contributed by atoms with Gasteiger partial charge in [0.15, 0.2) is 0 Å². The van der Waals surface area contributed by atoms with E-state index in [4.69, 9.17) is 4.74 Å². The maximum absolute atomic E-state index is 12.4. The van der Waals surface area contributed by atoms with Gasteiger partial charge in [-0.25, -0.2) is 0 Å². The Morgan fingerprint density at radius 3 is 2.52 bits per heavy atom. The molecule has 1 amide bonds. The molecule has 0 unspecified atom stereocenters. The summed E-state index contributed by atoms with van der Waals surface area (Å²) in [7, 11) is 1.43. The van der Waals surface area contributed by atoms with Crippen LogP contribution >= 0.6 is 0 Å². The van der Waals surface area contributed by atoms with Crippen molar-refractivity contribution in [2.75, 3.05) is 12.4 Å². The van der Waals surface area contributed by atoms with Crippen molar-refractivity contribution < 1.29 is 22.8 Å². The molecule has 112 valence electrons. The van der Waals surface area contributed by atoms with E-state index in [-0.39, 0.29) is 11.7 Å². The normalized spacial score (nSPS) is 12.4. The molecule has 0 aliphatic rings. The summed E-state index contributed by atoms with van der Waals surface area (Å²) in [6.45, 7) is 1.62. The standard InChI is InChI=1S/C13H13F2N3O3/c1-7(20-2)12(19)16-9-5-3-8(4-6-9)11-17-13(10(14)15)21-18-11/h3-7,10H,1-2H3,(H,16,19)/t7-/m1/s1. The molecule has 2 aromatic rings. The second-order valence-electron chi connectivity index (χ2n) is 4.20. The van der Waals surface area contributed by atoms with E-state index in [1.807, 2.05) is 0 Å². The van der Waals surface area contributed by atoms with E-state index >= 15 is 0 Å². The van der Waals surface area contributed by atoms with Gasteiger partial charge in [0.1, 0.15) is 6.10 Å². The molecular weight excluding hydrogens is 284 g/mol. The third kappa shape index (κ3) is 3.60. The third-order valence-electron chi connectivity index (χ3n) is 2.76. The molecule has 1 aromatic carbocycles. The highest BCUT2D eigenvalue weighted by Gasteiger charge is 2.17. The van der Waals surface area contributed by atoms with Gasteiger partial charge in [0.05, 0.1) is 0 Å².